The van der Waals surface area contributed by atoms with Crippen LogP contribution in [0.1, 0.15) is 31.2 Å². The van der Waals surface area contributed by atoms with Crippen molar-refractivity contribution in [2.24, 2.45) is 0 Å². The number of thiophene rings is 1. The van der Waals surface area contributed by atoms with Crippen molar-refractivity contribution in [2.45, 2.75) is 13.8 Å². The van der Waals surface area contributed by atoms with Gasteiger partial charge in [0.25, 0.3) is 5.91 Å². The Labute approximate surface area is 129 Å². The maximum atomic E-state index is 13.0. The van der Waals surface area contributed by atoms with Crippen molar-refractivity contribution in [3.05, 3.63) is 50.6 Å². The fourth-order valence-corrected chi connectivity index (χ4v) is 3.12. The molecule has 4 nitrogen and oxygen atoms in total. The Kier molecular flexibility index (Phi) is 4.29. The number of carboxylic acid groups (broad SMARTS) is 1. The van der Waals surface area contributed by atoms with Crippen LogP contribution in [0.3, 0.4) is 0 Å². The first-order valence-electron chi connectivity index (χ1n) is 5.91. The molecule has 0 fully saturated rings. The summed E-state index contributed by atoms with van der Waals surface area (Å²) in [6, 6.07) is 3.39. The molecule has 0 saturated heterocycles. The molecule has 0 aliphatic rings. The third-order valence-electron chi connectivity index (χ3n) is 3.00. The summed E-state index contributed by atoms with van der Waals surface area (Å²) in [6.45, 7) is 3.45. The summed E-state index contributed by atoms with van der Waals surface area (Å²) >= 11 is 6.99. The summed E-state index contributed by atoms with van der Waals surface area (Å²) in [5, 5.41) is 11.9. The topological polar surface area (TPSA) is 66.4 Å². The number of carbonyl (C=O) groups is 2. The zero-order valence-corrected chi connectivity index (χ0v) is 12.7. The summed E-state index contributed by atoms with van der Waals surface area (Å²) in [5.74, 6) is -2.24. The maximum Gasteiger partial charge on any atom is 0.338 e. The molecule has 1 aromatic carbocycles. The first-order chi connectivity index (χ1) is 9.81. The largest absolute Gasteiger partial charge is 0.478 e. The van der Waals surface area contributed by atoms with E-state index in [0.29, 0.717) is 5.56 Å². The molecule has 0 saturated carbocycles. The van der Waals surface area contributed by atoms with Crippen LogP contribution in [0, 0.1) is 19.7 Å². The van der Waals surface area contributed by atoms with E-state index >= 15 is 0 Å². The molecule has 1 amide bonds. The summed E-state index contributed by atoms with van der Waals surface area (Å²) in [7, 11) is 0. The van der Waals surface area contributed by atoms with Gasteiger partial charge in [-0.15, -0.1) is 11.3 Å². The standard InChI is InChI=1S/C14H11ClFNO3S/c1-6-7(2)21-13(11(6)14(19)20)17-12(18)9-4-3-8(16)5-10(9)15/h3-5H,1-2H3,(H,17,18)(H,19,20). The quantitative estimate of drug-likeness (QED) is 0.891. The maximum absolute atomic E-state index is 13.0. The van der Waals surface area contributed by atoms with Gasteiger partial charge in [-0.05, 0) is 37.6 Å². The zero-order valence-electron chi connectivity index (χ0n) is 11.2. The van der Waals surface area contributed by atoms with Crippen molar-refractivity contribution >= 4 is 39.8 Å². The van der Waals surface area contributed by atoms with Crippen LogP contribution in [0.25, 0.3) is 0 Å². The van der Waals surface area contributed by atoms with Crippen LogP contribution >= 0.6 is 22.9 Å². The Balaban J connectivity index is 2.36. The smallest absolute Gasteiger partial charge is 0.338 e. The first-order valence-corrected chi connectivity index (χ1v) is 7.10. The molecule has 110 valence electrons. The lowest BCUT2D eigenvalue weighted by Gasteiger charge is -2.06. The molecule has 0 spiro atoms. The molecule has 7 heteroatoms. The Hall–Kier alpha value is -1.92. The van der Waals surface area contributed by atoms with Gasteiger partial charge >= 0.3 is 5.97 Å². The number of nitrogens with one attached hydrogen (secondary N) is 1. The number of aryl methyl sites for hydroxylation is 1. The van der Waals surface area contributed by atoms with Crippen molar-refractivity contribution in [1.82, 2.24) is 0 Å². The number of rotatable bonds is 3. The van der Waals surface area contributed by atoms with E-state index in [4.69, 9.17) is 11.6 Å². The number of benzene rings is 1. The Bertz CT molecular complexity index is 742. The van der Waals surface area contributed by atoms with Gasteiger partial charge in [-0.1, -0.05) is 11.6 Å². The van der Waals surface area contributed by atoms with Gasteiger partial charge in [0, 0.05) is 4.88 Å². The average molecular weight is 328 g/mol. The van der Waals surface area contributed by atoms with Crippen LogP contribution in [-0.2, 0) is 0 Å². The molecule has 1 aromatic heterocycles. The number of amides is 1. The van der Waals surface area contributed by atoms with E-state index in [-0.39, 0.29) is 21.2 Å². The lowest BCUT2D eigenvalue weighted by Crippen LogP contribution is -2.14. The number of carbonyl (C=O) groups excluding carboxylic acids is 1. The van der Waals surface area contributed by atoms with Crippen molar-refractivity contribution in [3.63, 3.8) is 0 Å². The van der Waals surface area contributed by atoms with Gasteiger partial charge in [-0.25, -0.2) is 9.18 Å². The molecule has 0 radical (unpaired) electrons. The van der Waals surface area contributed by atoms with Gasteiger partial charge in [-0.3, -0.25) is 4.79 Å². The van der Waals surface area contributed by atoms with Crippen molar-refractivity contribution in [2.75, 3.05) is 5.32 Å². The van der Waals surface area contributed by atoms with Gasteiger partial charge in [-0.2, -0.15) is 0 Å². The molecule has 0 aliphatic heterocycles. The third kappa shape index (κ3) is 3.06. The molecular weight excluding hydrogens is 317 g/mol. The van der Waals surface area contributed by atoms with Crippen LogP contribution in [0.15, 0.2) is 18.2 Å². The lowest BCUT2D eigenvalue weighted by atomic mass is 10.1. The van der Waals surface area contributed by atoms with E-state index in [2.05, 4.69) is 5.32 Å². The highest BCUT2D eigenvalue weighted by Gasteiger charge is 2.21. The minimum absolute atomic E-state index is 0.0330. The normalized spacial score (nSPS) is 10.5. The van der Waals surface area contributed by atoms with E-state index in [0.717, 1.165) is 17.0 Å². The van der Waals surface area contributed by atoms with Crippen molar-refractivity contribution < 1.29 is 19.1 Å². The molecule has 2 aromatic rings. The minimum Gasteiger partial charge on any atom is -0.478 e. The molecule has 21 heavy (non-hydrogen) atoms. The number of aromatic carboxylic acids is 1. The van der Waals surface area contributed by atoms with Gasteiger partial charge in [0.15, 0.2) is 0 Å². The molecule has 2 rings (SSSR count). The second-order valence-corrected chi connectivity index (χ2v) is 6.00. The van der Waals surface area contributed by atoms with Crippen LogP contribution in [0.5, 0.6) is 0 Å². The molecule has 0 atom stereocenters. The Morgan fingerprint density at radius 2 is 2.00 bits per heavy atom. The number of anilines is 1. The van der Waals surface area contributed by atoms with Gasteiger partial charge in [0.05, 0.1) is 16.1 Å². The Morgan fingerprint density at radius 3 is 2.57 bits per heavy atom. The van der Waals surface area contributed by atoms with Crippen LogP contribution < -0.4 is 5.32 Å². The van der Waals surface area contributed by atoms with Gasteiger partial charge in [0.2, 0.25) is 0 Å². The molecule has 1 heterocycles. The number of carboxylic acids is 1. The second kappa shape index (κ2) is 5.83. The highest BCUT2D eigenvalue weighted by Crippen LogP contribution is 2.33. The van der Waals surface area contributed by atoms with Gasteiger partial charge < -0.3 is 10.4 Å². The van der Waals surface area contributed by atoms with Crippen LogP contribution in [-0.4, -0.2) is 17.0 Å². The van der Waals surface area contributed by atoms with E-state index in [1.807, 2.05) is 0 Å². The van der Waals surface area contributed by atoms with Crippen molar-refractivity contribution in [1.29, 1.82) is 0 Å². The van der Waals surface area contributed by atoms with Crippen LogP contribution in [0.4, 0.5) is 9.39 Å². The van der Waals surface area contributed by atoms with E-state index in [1.165, 1.54) is 17.4 Å². The number of hydrogen-bond donors (Lipinski definition) is 2. The Morgan fingerprint density at radius 1 is 1.33 bits per heavy atom. The average Bonchev–Trinajstić information content (AvgIpc) is 2.64. The third-order valence-corrected chi connectivity index (χ3v) is 4.44. The fraction of sp³-hybridized carbons (Fsp3) is 0.143. The van der Waals surface area contributed by atoms with Crippen molar-refractivity contribution in [3.8, 4) is 0 Å². The second-order valence-electron chi connectivity index (χ2n) is 4.37. The SMILES string of the molecule is Cc1sc(NC(=O)c2ccc(F)cc2Cl)c(C(=O)O)c1C. The summed E-state index contributed by atoms with van der Waals surface area (Å²) in [5.41, 5.74) is 0.746. The number of hydrogen-bond acceptors (Lipinski definition) is 3. The molecule has 2 N–H and O–H groups in total. The predicted octanol–water partition coefficient (Wildman–Crippen LogP) is 4.11. The highest BCUT2D eigenvalue weighted by atomic mass is 35.5. The summed E-state index contributed by atoms with van der Waals surface area (Å²) in [6.07, 6.45) is 0. The molecule has 0 aliphatic carbocycles. The van der Waals surface area contributed by atoms with Crippen LogP contribution in [0.2, 0.25) is 5.02 Å². The molecule has 0 unspecified atom stereocenters. The number of halogens is 2. The minimum atomic E-state index is -1.11. The summed E-state index contributed by atoms with van der Waals surface area (Å²) in [4.78, 5) is 24.2. The van der Waals surface area contributed by atoms with E-state index in [1.54, 1.807) is 13.8 Å². The fourth-order valence-electron chi connectivity index (χ4n) is 1.82. The first kappa shape index (κ1) is 15.5. The van der Waals surface area contributed by atoms with Gasteiger partial charge in [0.1, 0.15) is 10.8 Å². The lowest BCUT2D eigenvalue weighted by molar-refractivity contribution is 0.0697. The van der Waals surface area contributed by atoms with E-state index in [9.17, 15) is 19.1 Å². The highest BCUT2D eigenvalue weighted by molar-refractivity contribution is 7.16. The monoisotopic (exact) mass is 327 g/mol. The molecular formula is C14H11ClFNO3S. The summed E-state index contributed by atoms with van der Waals surface area (Å²) < 4.78 is 13.0. The van der Waals surface area contributed by atoms with E-state index < -0.39 is 17.7 Å². The zero-order chi connectivity index (χ0) is 15.7. The predicted molar refractivity (Wildman–Crippen MR) is 80.1 cm³/mol. The molecule has 0 bridgehead atoms.